The monoisotopic (exact) mass is 1820 g/mol. The molecule has 4 aliphatic carbocycles. The van der Waals surface area contributed by atoms with Gasteiger partial charge in [0.15, 0.2) is 5.82 Å². The Kier molecular flexibility index (Phi) is 31.4. The van der Waals surface area contributed by atoms with Gasteiger partial charge in [-0.3, -0.25) is 72.3 Å². The van der Waals surface area contributed by atoms with Crippen molar-refractivity contribution in [1.29, 1.82) is 21.0 Å². The fraction of sp³-hybridized carbons (Fsp3) is 0.462. The number of halogens is 7. The third-order valence-corrected chi connectivity index (χ3v) is 26.0. The highest BCUT2D eigenvalue weighted by Gasteiger charge is 2.51. The second-order valence-corrected chi connectivity index (χ2v) is 34.8. The number of rotatable bonds is 31. The summed E-state index contributed by atoms with van der Waals surface area (Å²) in [5.74, 6) is -1.10. The number of piperidine rings is 3. The van der Waals surface area contributed by atoms with Gasteiger partial charge in [0.05, 0.1) is 123 Å². The standard InChI is InChI=1S/C25H25ClFN5O2.C24H28FN5O3.C23H27N5O2.C21H22F4N6O3/c1-2-16-3-4-18(20(26)11-16)13-31-10-8-25(7-9-28,23(27)15-31)32-14-19(24(29)34)21(30-32)12-22(33)17-5-6-17;1-33-22(31)12-20-19(23(27)32)14-30(28-20)24(8-10-26)9-11-29(15-21(24)25)13-16-2-4-17(5-3-16)18-6-7-18;24-13-12-23(10-8-18(9-11-23)26-17-4-2-1-3-5-17)28-15-19(22(25)30)20(27-28)14-21(29)16-6-7-16;1-34-20(33)28-19-14(18(27)32)10-31(29-19)21(4-6-26)5-7-30(11-16(21)23)9-13-8-12(17(24)25)2-3-15(13)22/h1,3-4,11,14,17,23H,5-8,10,12-13,15H2,(H2,29,34);2-5,14,18,21H,6-9,11-13,15H2,1H3,(H2,27,32);1-5,15-16,18,26H,6-12,14H2,(H2,25,30);2-3,8,10,16-17H,4-5,7,9,11H2,1H3,(H2,27,32)(H,28,29,33). The fourth-order valence-corrected chi connectivity index (χ4v) is 17.7. The lowest BCUT2D eigenvalue weighted by molar-refractivity contribution is -0.139. The third-order valence-electron chi connectivity index (χ3n) is 25.7. The highest BCUT2D eigenvalue weighted by molar-refractivity contribution is 6.31. The van der Waals surface area contributed by atoms with Crippen LogP contribution in [-0.2, 0) is 84.9 Å². The van der Waals surface area contributed by atoms with Crippen molar-refractivity contribution in [2.24, 2.45) is 34.8 Å². The second-order valence-electron chi connectivity index (χ2n) is 34.4. The first-order chi connectivity index (χ1) is 62.7. The van der Waals surface area contributed by atoms with E-state index in [0.29, 0.717) is 72.8 Å². The molecule has 7 heterocycles. The van der Waals surface area contributed by atoms with Gasteiger partial charge < -0.3 is 37.7 Å². The minimum atomic E-state index is -2.77. The summed E-state index contributed by atoms with van der Waals surface area (Å²) >= 11 is 6.34. The van der Waals surface area contributed by atoms with Crippen molar-refractivity contribution in [3.63, 3.8) is 0 Å². The first-order valence-electron chi connectivity index (χ1n) is 43.1. The molecule has 38 heteroatoms. The third kappa shape index (κ3) is 23.1. The highest BCUT2D eigenvalue weighted by atomic mass is 35.5. The Labute approximate surface area is 757 Å². The molecule has 0 radical (unpaired) electrons. The van der Waals surface area contributed by atoms with Crippen LogP contribution in [0, 0.1) is 75.3 Å². The lowest BCUT2D eigenvalue weighted by Crippen LogP contribution is -2.54. The number of benzene rings is 4. The van der Waals surface area contributed by atoms with E-state index >= 15 is 13.2 Å². The number of nitriles is 4. The zero-order chi connectivity index (χ0) is 94.2. The minimum Gasteiger partial charge on any atom is -0.469 e. The van der Waals surface area contributed by atoms with Gasteiger partial charge in [-0.2, -0.15) is 41.4 Å². The van der Waals surface area contributed by atoms with E-state index in [1.54, 1.807) is 27.9 Å². The number of hydrogen-bond donors (Lipinski definition) is 6. The number of carbonyl (C=O) groups excluding carboxylic acids is 8. The van der Waals surface area contributed by atoms with Crippen LogP contribution >= 0.6 is 11.6 Å². The van der Waals surface area contributed by atoms with Crippen LogP contribution in [0.5, 0.6) is 0 Å². The zero-order valence-electron chi connectivity index (χ0n) is 72.4. The minimum absolute atomic E-state index is 0.00133. The number of Topliss-reactive ketones (excluding diaryl/α,β-unsaturated/α-hetero) is 2. The summed E-state index contributed by atoms with van der Waals surface area (Å²) in [5, 5.41) is 61.7. The predicted molar refractivity (Wildman–Crippen MR) is 466 cm³/mol. The number of anilines is 2. The molecule has 31 nitrogen and oxygen atoms in total. The molecule has 5 amide bonds. The lowest BCUT2D eigenvalue weighted by atomic mass is 9.77. The molecule has 6 unspecified atom stereocenters. The maximum atomic E-state index is 15.8. The molecule has 10 N–H and O–H groups in total. The summed E-state index contributed by atoms with van der Waals surface area (Å²) in [6.07, 6.45) is 12.3. The Balaban J connectivity index is 0.000000158. The van der Waals surface area contributed by atoms with Gasteiger partial charge in [-0.05, 0) is 142 Å². The number of nitrogens with one attached hydrogen (secondary N) is 2. The summed E-state index contributed by atoms with van der Waals surface area (Å²) in [6, 6.07) is 35.6. The molecule has 688 valence electrons. The van der Waals surface area contributed by atoms with E-state index in [0.717, 1.165) is 104 Å². The number of esters is 1. The van der Waals surface area contributed by atoms with Crippen LogP contribution in [0.1, 0.15) is 213 Å². The van der Waals surface area contributed by atoms with Gasteiger partial charge in [0, 0.05) is 129 Å². The summed E-state index contributed by atoms with van der Waals surface area (Å²) in [4.78, 5) is 101. The van der Waals surface area contributed by atoms with Gasteiger partial charge in [-0.25, -0.2) is 31.1 Å². The number of primary amides is 4. The maximum Gasteiger partial charge on any atom is 0.412 e. The predicted octanol–water partition coefficient (Wildman–Crippen LogP) is 11.7. The van der Waals surface area contributed by atoms with E-state index in [4.69, 9.17) is 41.0 Å². The van der Waals surface area contributed by atoms with E-state index in [1.807, 2.05) is 52.3 Å². The zero-order valence-corrected chi connectivity index (χ0v) is 73.2. The van der Waals surface area contributed by atoms with Crippen molar-refractivity contribution in [2.45, 2.75) is 207 Å². The molecule has 8 aromatic rings. The second kappa shape index (κ2) is 42.5. The molecule has 15 rings (SSSR count). The molecule has 4 saturated carbocycles. The normalized spacial score (nSPS) is 22.5. The van der Waals surface area contributed by atoms with Gasteiger partial charge in [0.2, 0.25) is 0 Å². The molecular formula is C93H102ClF6N21O10. The topological polar surface area (TPSA) is 459 Å². The quantitative estimate of drug-likeness (QED) is 0.0133. The molecule has 4 aromatic heterocycles. The molecule has 3 aliphatic heterocycles. The molecular weight excluding hydrogens is 1720 g/mol. The number of amides is 5. The van der Waals surface area contributed by atoms with Gasteiger partial charge in [-0.15, -0.1) is 6.42 Å². The maximum absolute atomic E-state index is 15.8. The van der Waals surface area contributed by atoms with Crippen molar-refractivity contribution in [3.8, 4) is 36.6 Å². The number of likely N-dealkylation sites (tertiary alicyclic amines) is 3. The van der Waals surface area contributed by atoms with E-state index in [-0.39, 0.29) is 153 Å². The summed E-state index contributed by atoms with van der Waals surface area (Å²) in [7, 11) is 2.33. The van der Waals surface area contributed by atoms with Crippen LogP contribution in [0.3, 0.4) is 0 Å². The summed E-state index contributed by atoms with van der Waals surface area (Å²) in [6.45, 7) is 2.07. The number of alkyl halides is 5. The van der Waals surface area contributed by atoms with Crippen LogP contribution in [0.2, 0.25) is 5.02 Å². The summed E-state index contributed by atoms with van der Waals surface area (Å²) in [5.41, 5.74) is 23.2. The van der Waals surface area contributed by atoms with Crippen LogP contribution in [-0.4, -0.2) is 179 Å². The van der Waals surface area contributed by atoms with Crippen molar-refractivity contribution >= 4 is 70.4 Å². The Morgan fingerprint density at radius 2 is 0.992 bits per heavy atom. The number of nitrogens with two attached hydrogens (primary N) is 4. The smallest absolute Gasteiger partial charge is 0.412 e. The van der Waals surface area contributed by atoms with Gasteiger partial charge in [0.1, 0.15) is 58.1 Å². The molecule has 0 spiro atoms. The Morgan fingerprint density at radius 1 is 0.534 bits per heavy atom. The summed E-state index contributed by atoms with van der Waals surface area (Å²) < 4.78 is 102. The first kappa shape index (κ1) is 96.8. The Bertz CT molecular complexity index is 5750. The van der Waals surface area contributed by atoms with E-state index in [9.17, 15) is 72.6 Å². The largest absolute Gasteiger partial charge is 0.469 e. The Morgan fingerprint density at radius 3 is 1.43 bits per heavy atom. The molecule has 6 atom stereocenters. The number of ketones is 2. The number of hydrogen-bond acceptors (Lipinski definition) is 22. The van der Waals surface area contributed by atoms with Crippen molar-refractivity contribution in [1.82, 2.24) is 53.8 Å². The van der Waals surface area contributed by atoms with Gasteiger partial charge in [0.25, 0.3) is 30.1 Å². The number of aromatic nitrogens is 8. The lowest BCUT2D eigenvalue weighted by Gasteiger charge is -2.43. The molecule has 7 aliphatic rings. The van der Waals surface area contributed by atoms with E-state index < -0.39 is 88.6 Å². The van der Waals surface area contributed by atoms with Crippen molar-refractivity contribution in [3.05, 3.63) is 199 Å². The van der Waals surface area contributed by atoms with Gasteiger partial charge in [-0.1, -0.05) is 72.1 Å². The number of para-hydroxylation sites is 1. The number of methoxy groups -OCH3 is 2. The molecule has 7 fully saturated rings. The van der Waals surface area contributed by atoms with Crippen LogP contribution in [0.15, 0.2) is 116 Å². The molecule has 131 heavy (non-hydrogen) atoms. The average molecular weight is 1820 g/mol. The van der Waals surface area contributed by atoms with Crippen LogP contribution in [0.4, 0.5) is 42.6 Å². The SMILES string of the molecule is C#Cc1ccc(CN2CCC(CC#N)(n3cc(C(N)=O)c(CC(=O)C4CC4)n3)C(F)C2)c(Cl)c1.COC(=O)Cc1nn(C2(CC#N)CCN(Cc3ccc(C4CC4)cc3)CC2F)cc1C(N)=O.COC(=O)Nc1nn(C2(CC#N)CCN(Cc3cc(C(F)F)ccc3F)CC2F)cc1C(N)=O.N#CCC1(n2cc(C(N)=O)c(CC(=O)C3CC3)n2)CCC(Nc2ccccc2)CC1. The number of terminal acetylenes is 1. The number of nitrogens with zero attached hydrogens (tertiary/aromatic N) is 15. The van der Waals surface area contributed by atoms with E-state index in [1.165, 1.54) is 47.3 Å². The first-order valence-corrected chi connectivity index (χ1v) is 43.5. The molecule has 0 bridgehead atoms. The van der Waals surface area contributed by atoms with Crippen molar-refractivity contribution < 1.29 is 74.2 Å². The number of carbonyl (C=O) groups is 8. The van der Waals surface area contributed by atoms with E-state index in [2.05, 4.69) is 88.9 Å². The fourth-order valence-electron chi connectivity index (χ4n) is 17.4. The van der Waals surface area contributed by atoms with Gasteiger partial charge >= 0.3 is 12.1 Å². The highest BCUT2D eigenvalue weighted by Crippen LogP contribution is 2.45. The van der Waals surface area contributed by atoms with Crippen molar-refractivity contribution in [2.75, 3.05) is 64.1 Å². The average Bonchev–Trinajstić information content (AvgIpc) is 1.66. The Hall–Kier alpha value is -13.3. The molecule has 3 saturated heterocycles. The van der Waals surface area contributed by atoms with Crippen LogP contribution in [0.25, 0.3) is 0 Å². The molecule has 4 aromatic carbocycles. The van der Waals surface area contributed by atoms with Crippen LogP contribution < -0.4 is 33.6 Å². The number of ether oxygens (including phenoxy) is 2.